The third kappa shape index (κ3) is 4.56. The first-order chi connectivity index (χ1) is 14.4. The number of aromatic nitrogens is 2. The summed E-state index contributed by atoms with van der Waals surface area (Å²) in [5.74, 6) is 1.09. The normalized spacial score (nSPS) is 11.6. The minimum atomic E-state index is -0.226. The molecular formula is C21H14Br2ClN3O2S. The van der Waals surface area contributed by atoms with Gasteiger partial charge < -0.3 is 4.42 Å². The summed E-state index contributed by atoms with van der Waals surface area (Å²) in [6, 6.07) is 14.7. The summed E-state index contributed by atoms with van der Waals surface area (Å²) < 4.78 is 8.81. The Bertz CT molecular complexity index is 1320. The smallest absolute Gasteiger partial charge is 0.282 e. The van der Waals surface area contributed by atoms with Crippen molar-refractivity contribution in [2.24, 2.45) is 5.10 Å². The van der Waals surface area contributed by atoms with Gasteiger partial charge in [0.1, 0.15) is 11.6 Å². The summed E-state index contributed by atoms with van der Waals surface area (Å²) >= 11 is 14.3. The van der Waals surface area contributed by atoms with Crippen LogP contribution in [0, 0.1) is 0 Å². The molecule has 0 aliphatic rings. The number of furan rings is 1. The molecule has 0 unspecified atom stereocenters. The van der Waals surface area contributed by atoms with Crippen LogP contribution in [-0.4, -0.2) is 15.9 Å². The van der Waals surface area contributed by atoms with Crippen LogP contribution in [-0.2, 0) is 6.42 Å². The van der Waals surface area contributed by atoms with Gasteiger partial charge in [0.2, 0.25) is 0 Å². The molecule has 2 heterocycles. The summed E-state index contributed by atoms with van der Waals surface area (Å²) in [6.45, 7) is 1.93. The molecular weight excluding hydrogens is 554 g/mol. The Morgan fingerprint density at radius 2 is 1.97 bits per heavy atom. The molecule has 0 spiro atoms. The number of hydrogen-bond donors (Lipinski definition) is 0. The number of rotatable bonds is 5. The minimum Gasteiger partial charge on any atom is -0.447 e. The number of halogens is 3. The van der Waals surface area contributed by atoms with Crippen molar-refractivity contribution in [3.8, 4) is 0 Å². The molecule has 0 N–H and O–H groups in total. The molecule has 0 fully saturated rings. The molecule has 5 nitrogen and oxygen atoms in total. The van der Waals surface area contributed by atoms with Gasteiger partial charge in [0, 0.05) is 26.9 Å². The van der Waals surface area contributed by atoms with Gasteiger partial charge in [-0.3, -0.25) is 4.79 Å². The summed E-state index contributed by atoms with van der Waals surface area (Å²) in [5.41, 5.74) is 0.421. The lowest BCUT2D eigenvalue weighted by atomic mass is 10.2. The Morgan fingerprint density at radius 1 is 1.20 bits per heavy atom. The average molecular weight is 568 g/mol. The monoisotopic (exact) mass is 565 g/mol. The highest BCUT2D eigenvalue weighted by atomic mass is 79.9. The van der Waals surface area contributed by atoms with Crippen molar-refractivity contribution in [3.63, 3.8) is 0 Å². The van der Waals surface area contributed by atoms with Crippen LogP contribution in [0.1, 0.15) is 18.5 Å². The van der Waals surface area contributed by atoms with Gasteiger partial charge in [0.15, 0.2) is 5.09 Å². The lowest BCUT2D eigenvalue weighted by Gasteiger charge is -2.07. The van der Waals surface area contributed by atoms with Crippen LogP contribution < -0.4 is 5.56 Å². The summed E-state index contributed by atoms with van der Waals surface area (Å²) in [5, 5.41) is 6.22. The molecule has 2 aromatic carbocycles. The van der Waals surface area contributed by atoms with E-state index in [2.05, 4.69) is 41.9 Å². The predicted molar refractivity (Wildman–Crippen MR) is 128 cm³/mol. The van der Waals surface area contributed by atoms with Crippen LogP contribution in [0.3, 0.4) is 0 Å². The summed E-state index contributed by atoms with van der Waals surface area (Å²) in [7, 11) is 0. The Morgan fingerprint density at radius 3 is 2.70 bits per heavy atom. The number of fused-ring (bicyclic) bond motifs is 1. The SMILES string of the molecule is CCc1nc2ccc(Br)cc2c(=O)n1N=Cc1cc(Br)c(Sc2ccc(Cl)cc2)o1. The van der Waals surface area contributed by atoms with Gasteiger partial charge in [-0.2, -0.15) is 9.78 Å². The third-order valence-corrected chi connectivity index (χ3v) is 6.78. The van der Waals surface area contributed by atoms with Gasteiger partial charge in [-0.25, -0.2) is 4.98 Å². The van der Waals surface area contributed by atoms with E-state index in [9.17, 15) is 4.79 Å². The molecule has 0 amide bonds. The van der Waals surface area contributed by atoms with Crippen LogP contribution >= 0.6 is 55.2 Å². The number of aryl methyl sites for hydroxylation is 1. The van der Waals surface area contributed by atoms with E-state index in [0.717, 1.165) is 13.8 Å². The molecule has 0 atom stereocenters. The first-order valence-corrected chi connectivity index (χ1v) is 11.7. The van der Waals surface area contributed by atoms with E-state index in [0.29, 0.717) is 39.0 Å². The molecule has 30 heavy (non-hydrogen) atoms. The highest BCUT2D eigenvalue weighted by Gasteiger charge is 2.12. The van der Waals surface area contributed by atoms with Gasteiger partial charge >= 0.3 is 0 Å². The van der Waals surface area contributed by atoms with Crippen LogP contribution in [0.25, 0.3) is 10.9 Å². The first-order valence-electron chi connectivity index (χ1n) is 8.93. The molecule has 4 rings (SSSR count). The second kappa shape index (κ2) is 9.09. The molecule has 0 bridgehead atoms. The van der Waals surface area contributed by atoms with Crippen LogP contribution in [0.2, 0.25) is 5.02 Å². The van der Waals surface area contributed by atoms with Gasteiger partial charge in [0.25, 0.3) is 5.56 Å². The van der Waals surface area contributed by atoms with Crippen LogP contribution in [0.5, 0.6) is 0 Å². The van der Waals surface area contributed by atoms with E-state index in [1.165, 1.54) is 22.7 Å². The molecule has 0 saturated carbocycles. The highest BCUT2D eigenvalue weighted by molar-refractivity contribution is 9.10. The maximum Gasteiger partial charge on any atom is 0.282 e. The lowest BCUT2D eigenvalue weighted by molar-refractivity contribution is 0.465. The van der Waals surface area contributed by atoms with Gasteiger partial charge in [-0.05, 0) is 58.4 Å². The standard InChI is InChI=1S/C21H14Br2ClN3O2S/c1-2-19-26-18-8-3-12(22)9-16(18)20(28)27(19)25-11-14-10-17(23)21(29-14)30-15-6-4-13(24)5-7-15/h3-11H,2H2,1H3. The van der Waals surface area contributed by atoms with E-state index >= 15 is 0 Å². The number of hydrogen-bond acceptors (Lipinski definition) is 5. The van der Waals surface area contributed by atoms with Crippen molar-refractivity contribution >= 4 is 72.3 Å². The second-order valence-corrected chi connectivity index (χ2v) is 9.50. The molecule has 0 radical (unpaired) electrons. The molecule has 0 aliphatic carbocycles. The Balaban J connectivity index is 1.67. The first kappa shape index (κ1) is 21.4. The number of nitrogens with zero attached hydrogens (tertiary/aromatic N) is 3. The molecule has 9 heteroatoms. The average Bonchev–Trinajstić information content (AvgIpc) is 3.08. The summed E-state index contributed by atoms with van der Waals surface area (Å²) in [4.78, 5) is 18.5. The Labute approximate surface area is 198 Å². The van der Waals surface area contributed by atoms with Crippen molar-refractivity contribution in [2.45, 2.75) is 23.3 Å². The van der Waals surface area contributed by atoms with E-state index in [1.807, 2.05) is 49.4 Å². The second-order valence-electron chi connectivity index (χ2n) is 6.24. The van der Waals surface area contributed by atoms with Crippen molar-refractivity contribution in [1.82, 2.24) is 9.66 Å². The summed E-state index contributed by atoms with van der Waals surface area (Å²) in [6.07, 6.45) is 2.08. The van der Waals surface area contributed by atoms with E-state index in [-0.39, 0.29) is 5.56 Å². The van der Waals surface area contributed by atoms with E-state index in [4.69, 9.17) is 16.0 Å². The Hall–Kier alpha value is -1.87. The zero-order chi connectivity index (χ0) is 21.3. The highest BCUT2D eigenvalue weighted by Crippen LogP contribution is 2.36. The number of benzene rings is 2. The molecule has 0 aliphatic heterocycles. The van der Waals surface area contributed by atoms with Crippen molar-refractivity contribution < 1.29 is 4.42 Å². The Kier molecular flexibility index (Phi) is 6.48. The van der Waals surface area contributed by atoms with Crippen molar-refractivity contribution in [2.75, 3.05) is 0 Å². The molecule has 152 valence electrons. The topological polar surface area (TPSA) is 60.4 Å². The largest absolute Gasteiger partial charge is 0.447 e. The fraction of sp³-hybridized carbons (Fsp3) is 0.0952. The van der Waals surface area contributed by atoms with Gasteiger partial charge in [-0.15, -0.1) is 0 Å². The van der Waals surface area contributed by atoms with E-state index in [1.54, 1.807) is 6.07 Å². The molecule has 2 aromatic heterocycles. The van der Waals surface area contributed by atoms with Gasteiger partial charge in [0.05, 0.1) is 21.6 Å². The third-order valence-electron chi connectivity index (χ3n) is 4.19. The van der Waals surface area contributed by atoms with Gasteiger partial charge in [-0.1, -0.05) is 46.2 Å². The molecule has 4 aromatic rings. The van der Waals surface area contributed by atoms with E-state index < -0.39 is 0 Å². The van der Waals surface area contributed by atoms with Crippen LogP contribution in [0.4, 0.5) is 0 Å². The minimum absolute atomic E-state index is 0.226. The zero-order valence-corrected chi connectivity index (χ0v) is 20.3. The fourth-order valence-corrected chi connectivity index (χ4v) is 4.59. The van der Waals surface area contributed by atoms with Crippen molar-refractivity contribution in [1.29, 1.82) is 0 Å². The lowest BCUT2D eigenvalue weighted by Crippen LogP contribution is -2.22. The predicted octanol–water partition coefficient (Wildman–Crippen LogP) is 6.76. The van der Waals surface area contributed by atoms with Crippen molar-refractivity contribution in [3.05, 3.63) is 84.4 Å². The fourth-order valence-electron chi connectivity index (χ4n) is 2.77. The maximum atomic E-state index is 13.0. The maximum absolute atomic E-state index is 13.0. The quantitative estimate of drug-likeness (QED) is 0.250. The zero-order valence-electron chi connectivity index (χ0n) is 15.6. The molecule has 0 saturated heterocycles. The van der Waals surface area contributed by atoms with Crippen LogP contribution in [0.15, 0.2) is 81.8 Å².